The van der Waals surface area contributed by atoms with E-state index in [1.54, 1.807) is 6.08 Å². The van der Waals surface area contributed by atoms with Gasteiger partial charge in [0, 0.05) is 58.0 Å². The average molecular weight is 446 g/mol. The van der Waals surface area contributed by atoms with Gasteiger partial charge in [-0.1, -0.05) is 12.1 Å². The predicted molar refractivity (Wildman–Crippen MR) is 124 cm³/mol. The van der Waals surface area contributed by atoms with Gasteiger partial charge in [0.2, 0.25) is 0 Å². The lowest BCUT2D eigenvalue weighted by Crippen LogP contribution is -2.50. The van der Waals surface area contributed by atoms with E-state index in [0.717, 1.165) is 55.4 Å². The quantitative estimate of drug-likeness (QED) is 0.354. The van der Waals surface area contributed by atoms with Gasteiger partial charge in [-0.05, 0) is 37.6 Å². The first kappa shape index (κ1) is 24.2. The van der Waals surface area contributed by atoms with E-state index in [1.807, 2.05) is 24.3 Å². The highest BCUT2D eigenvalue weighted by Crippen LogP contribution is 2.19. The molecule has 1 unspecified atom stereocenters. The second kappa shape index (κ2) is 11.4. The number of imide groups is 1. The van der Waals surface area contributed by atoms with Crippen LogP contribution in [0.5, 0.6) is 0 Å². The number of urea groups is 1. The van der Waals surface area contributed by atoms with Crippen LogP contribution in [0, 0.1) is 0 Å². The summed E-state index contributed by atoms with van der Waals surface area (Å²) in [5.41, 5.74) is 2.16. The maximum atomic E-state index is 12.7. The number of piperazine rings is 1. The molecule has 3 amide bonds. The minimum Gasteiger partial charge on any atom is -0.395 e. The lowest BCUT2D eigenvalue weighted by molar-refractivity contribution is -0.124. The molecule has 2 aliphatic heterocycles. The van der Waals surface area contributed by atoms with E-state index in [1.165, 1.54) is 0 Å². The lowest BCUT2D eigenvalue weighted by atomic mass is 10.1. The van der Waals surface area contributed by atoms with Gasteiger partial charge in [-0.15, -0.1) is 0 Å². The second-order valence-corrected chi connectivity index (χ2v) is 8.19. The number of anilines is 1. The molecular weight excluding hydrogens is 410 g/mol. The predicted octanol–water partition coefficient (Wildman–Crippen LogP) is 0.396. The van der Waals surface area contributed by atoms with E-state index in [0.29, 0.717) is 13.1 Å². The van der Waals surface area contributed by atoms with E-state index in [-0.39, 0.29) is 18.8 Å². The Morgan fingerprint density at radius 3 is 2.25 bits per heavy atom. The molecule has 9 heteroatoms. The molecule has 2 saturated heterocycles. The van der Waals surface area contributed by atoms with Gasteiger partial charge in [-0.25, -0.2) is 4.79 Å². The van der Waals surface area contributed by atoms with E-state index in [9.17, 15) is 14.7 Å². The highest BCUT2D eigenvalue weighted by Gasteiger charge is 2.35. The second-order valence-electron chi connectivity index (χ2n) is 8.19. The van der Waals surface area contributed by atoms with Gasteiger partial charge in [0.25, 0.3) is 5.91 Å². The van der Waals surface area contributed by atoms with E-state index >= 15 is 0 Å². The minimum atomic E-state index is -0.818. The number of hydrogen-bond acceptors (Lipinski definition) is 7. The Balaban J connectivity index is 1.55. The number of amides is 3. The van der Waals surface area contributed by atoms with Crippen molar-refractivity contribution in [3.63, 3.8) is 0 Å². The van der Waals surface area contributed by atoms with Crippen molar-refractivity contribution in [2.75, 3.05) is 70.4 Å². The molecule has 0 radical (unpaired) electrons. The molecule has 0 spiro atoms. The number of aliphatic hydroxyl groups is 2. The van der Waals surface area contributed by atoms with Crippen LogP contribution in [0.2, 0.25) is 0 Å². The molecule has 9 nitrogen and oxygen atoms in total. The van der Waals surface area contributed by atoms with Crippen LogP contribution >= 0.6 is 0 Å². The summed E-state index contributed by atoms with van der Waals surface area (Å²) in [6.45, 7) is 10.4. The lowest BCUT2D eigenvalue weighted by Gasteiger charge is -2.35. The fourth-order valence-electron chi connectivity index (χ4n) is 4.18. The average Bonchev–Trinajstić information content (AvgIpc) is 3.04. The van der Waals surface area contributed by atoms with Crippen LogP contribution in [0.25, 0.3) is 6.08 Å². The number of nitrogens with zero attached hydrogens (tertiary/aromatic N) is 4. The van der Waals surface area contributed by atoms with Crippen molar-refractivity contribution in [1.82, 2.24) is 20.0 Å². The summed E-state index contributed by atoms with van der Waals surface area (Å²) in [6.07, 6.45) is 0.848. The number of carbonyl (C=O) groups is 2. The largest absolute Gasteiger partial charge is 0.395 e. The third-order valence-corrected chi connectivity index (χ3v) is 6.04. The molecule has 3 rings (SSSR count). The number of β-amino-alcohol motifs (C(OH)–C–C–N with tert-alkyl or cyclic N) is 2. The molecule has 1 aromatic rings. The Morgan fingerprint density at radius 1 is 1.03 bits per heavy atom. The Bertz CT molecular complexity index is 801. The summed E-state index contributed by atoms with van der Waals surface area (Å²) in [5.74, 6) is -0.422. The van der Waals surface area contributed by atoms with Crippen molar-refractivity contribution in [3.05, 3.63) is 35.5 Å². The number of rotatable bonds is 10. The summed E-state index contributed by atoms with van der Waals surface area (Å²) in [6, 6.07) is 7.35. The SMILES string of the molecule is CCN(CC)c1ccc(/C=C2/NC(=O)N(CC(O)CN3CCN(CCO)CC3)C2=O)cc1. The van der Waals surface area contributed by atoms with Gasteiger partial charge < -0.3 is 20.4 Å². The number of nitrogens with one attached hydrogen (secondary N) is 1. The van der Waals surface area contributed by atoms with Gasteiger partial charge in [-0.3, -0.25) is 19.5 Å². The molecule has 32 heavy (non-hydrogen) atoms. The van der Waals surface area contributed by atoms with Crippen molar-refractivity contribution in [1.29, 1.82) is 0 Å². The fraction of sp³-hybridized carbons (Fsp3) is 0.565. The van der Waals surface area contributed by atoms with Crippen LogP contribution in [0.15, 0.2) is 30.0 Å². The van der Waals surface area contributed by atoms with Crippen LogP contribution in [-0.2, 0) is 4.79 Å². The zero-order valence-corrected chi connectivity index (χ0v) is 19.0. The number of hydrogen-bond donors (Lipinski definition) is 3. The first-order valence-corrected chi connectivity index (χ1v) is 11.4. The zero-order valence-electron chi connectivity index (χ0n) is 19.0. The third kappa shape index (κ3) is 6.07. The van der Waals surface area contributed by atoms with Gasteiger partial charge >= 0.3 is 6.03 Å². The molecule has 2 aliphatic rings. The minimum absolute atomic E-state index is 0.0419. The maximum Gasteiger partial charge on any atom is 0.329 e. The van der Waals surface area contributed by atoms with E-state index in [4.69, 9.17) is 5.11 Å². The van der Waals surface area contributed by atoms with Gasteiger partial charge in [0.05, 0.1) is 19.3 Å². The maximum absolute atomic E-state index is 12.7. The number of aliphatic hydroxyl groups excluding tert-OH is 2. The highest BCUT2D eigenvalue weighted by molar-refractivity contribution is 6.14. The normalized spacial score (nSPS) is 20.1. The summed E-state index contributed by atoms with van der Waals surface area (Å²) in [4.78, 5) is 32.7. The molecule has 0 aromatic heterocycles. The first-order chi connectivity index (χ1) is 15.4. The van der Waals surface area contributed by atoms with Crippen molar-refractivity contribution < 1.29 is 19.8 Å². The molecule has 0 bridgehead atoms. The standard InChI is InChI=1S/C23H35N5O4/c1-3-27(4-2)19-7-5-18(6-8-19)15-21-22(31)28(23(32)24-21)17-20(30)16-26-11-9-25(10-12-26)13-14-29/h5-8,15,20,29-30H,3-4,9-14,16-17H2,1-2H3,(H,24,32)/b21-15+. The smallest absolute Gasteiger partial charge is 0.329 e. The van der Waals surface area contributed by atoms with Gasteiger partial charge in [-0.2, -0.15) is 0 Å². The summed E-state index contributed by atoms with van der Waals surface area (Å²) >= 11 is 0. The van der Waals surface area contributed by atoms with Crippen LogP contribution in [0.1, 0.15) is 19.4 Å². The molecule has 2 heterocycles. The van der Waals surface area contributed by atoms with Crippen LogP contribution < -0.4 is 10.2 Å². The highest BCUT2D eigenvalue weighted by atomic mass is 16.3. The van der Waals surface area contributed by atoms with Gasteiger partial charge in [0.1, 0.15) is 5.70 Å². The van der Waals surface area contributed by atoms with Crippen molar-refractivity contribution >= 4 is 23.7 Å². The molecule has 176 valence electrons. The molecule has 1 aromatic carbocycles. The van der Waals surface area contributed by atoms with E-state index in [2.05, 4.69) is 33.9 Å². The molecule has 3 N–H and O–H groups in total. The molecule has 2 fully saturated rings. The van der Waals surface area contributed by atoms with Crippen molar-refractivity contribution in [2.45, 2.75) is 20.0 Å². The molecule has 0 saturated carbocycles. The first-order valence-electron chi connectivity index (χ1n) is 11.4. The molecule has 1 atom stereocenters. The monoisotopic (exact) mass is 445 g/mol. The summed E-state index contributed by atoms with van der Waals surface area (Å²) < 4.78 is 0. The Kier molecular flexibility index (Phi) is 8.63. The molecule has 0 aliphatic carbocycles. The van der Waals surface area contributed by atoms with Crippen molar-refractivity contribution in [3.8, 4) is 0 Å². The topological polar surface area (TPSA) is 99.6 Å². The van der Waals surface area contributed by atoms with Crippen LogP contribution in [0.4, 0.5) is 10.5 Å². The fourth-order valence-corrected chi connectivity index (χ4v) is 4.18. The molecular formula is C23H35N5O4. The third-order valence-electron chi connectivity index (χ3n) is 6.04. The number of benzene rings is 1. The Labute approximate surface area is 189 Å². The van der Waals surface area contributed by atoms with Crippen molar-refractivity contribution in [2.24, 2.45) is 0 Å². The summed E-state index contributed by atoms with van der Waals surface area (Å²) in [7, 11) is 0. The summed E-state index contributed by atoms with van der Waals surface area (Å²) in [5, 5.41) is 22.1. The zero-order chi connectivity index (χ0) is 23.1. The van der Waals surface area contributed by atoms with Gasteiger partial charge in [0.15, 0.2) is 0 Å². The number of carbonyl (C=O) groups excluding carboxylic acids is 2. The van der Waals surface area contributed by atoms with E-state index < -0.39 is 18.0 Å². The van der Waals surface area contributed by atoms with Crippen LogP contribution in [-0.4, -0.2) is 108 Å². The Morgan fingerprint density at radius 2 is 1.66 bits per heavy atom. The van der Waals surface area contributed by atoms with Crippen LogP contribution in [0.3, 0.4) is 0 Å². The Hall–Kier alpha value is -2.46.